The van der Waals surface area contributed by atoms with E-state index in [1.807, 2.05) is 6.07 Å². The Morgan fingerprint density at radius 3 is 2.62 bits per heavy atom. The van der Waals surface area contributed by atoms with E-state index in [4.69, 9.17) is 5.11 Å². The molecule has 0 spiro atoms. The van der Waals surface area contributed by atoms with Crippen molar-refractivity contribution in [1.29, 1.82) is 0 Å². The highest BCUT2D eigenvalue weighted by molar-refractivity contribution is 9.12. The van der Waals surface area contributed by atoms with Crippen LogP contribution in [0.3, 0.4) is 0 Å². The second-order valence-corrected chi connectivity index (χ2v) is 7.18. The average Bonchev–Trinajstić information content (AvgIpc) is 2.52. The maximum Gasteiger partial charge on any atom is 0.303 e. The van der Waals surface area contributed by atoms with Crippen LogP contribution in [0.15, 0.2) is 13.6 Å². The molecule has 0 aliphatic heterocycles. The Morgan fingerprint density at radius 1 is 1.44 bits per heavy atom. The summed E-state index contributed by atoms with van der Waals surface area (Å²) in [7, 11) is 0. The number of aliphatic hydroxyl groups is 1. The Bertz CT molecular complexity index is 365. The van der Waals surface area contributed by atoms with Crippen LogP contribution >= 0.6 is 43.2 Å². The molecule has 1 aromatic rings. The van der Waals surface area contributed by atoms with Gasteiger partial charge in [0, 0.05) is 12.0 Å². The van der Waals surface area contributed by atoms with Crippen LogP contribution in [0.2, 0.25) is 0 Å². The Hall–Kier alpha value is 0.0900. The average molecular weight is 372 g/mol. The lowest BCUT2D eigenvalue weighted by atomic mass is 10.1. The molecule has 1 unspecified atom stereocenters. The van der Waals surface area contributed by atoms with Gasteiger partial charge in [-0.25, -0.2) is 0 Å². The number of thiophene rings is 1. The Labute approximate surface area is 115 Å². The highest BCUT2D eigenvalue weighted by Crippen LogP contribution is 2.36. The summed E-state index contributed by atoms with van der Waals surface area (Å²) in [6, 6.07) is 1.89. The molecule has 0 saturated carbocycles. The van der Waals surface area contributed by atoms with E-state index in [-0.39, 0.29) is 6.42 Å². The molecule has 3 nitrogen and oxygen atoms in total. The third kappa shape index (κ3) is 4.53. The van der Waals surface area contributed by atoms with Crippen molar-refractivity contribution < 1.29 is 15.0 Å². The topological polar surface area (TPSA) is 57.5 Å². The lowest BCUT2D eigenvalue weighted by molar-refractivity contribution is -0.137. The lowest BCUT2D eigenvalue weighted by Crippen LogP contribution is -1.98. The largest absolute Gasteiger partial charge is 0.481 e. The molecule has 0 aliphatic rings. The standard InChI is InChI=1S/C10H12Br2O3S/c11-8-5-6(10(12)16-8)7(13)3-1-2-4-9(14)15/h5,7,13H,1-4H2,(H,14,15). The first-order chi connectivity index (χ1) is 7.50. The molecular formula is C10H12Br2O3S. The van der Waals surface area contributed by atoms with E-state index in [2.05, 4.69) is 31.9 Å². The van der Waals surface area contributed by atoms with Crippen LogP contribution in [-0.2, 0) is 4.79 Å². The maximum atomic E-state index is 10.3. The molecule has 1 rings (SSSR count). The molecule has 1 heterocycles. The van der Waals surface area contributed by atoms with E-state index < -0.39 is 12.1 Å². The van der Waals surface area contributed by atoms with Crippen molar-refractivity contribution in [1.82, 2.24) is 0 Å². The zero-order chi connectivity index (χ0) is 12.1. The van der Waals surface area contributed by atoms with Gasteiger partial charge in [-0.2, -0.15) is 0 Å². The van der Waals surface area contributed by atoms with E-state index in [9.17, 15) is 9.90 Å². The van der Waals surface area contributed by atoms with E-state index in [0.717, 1.165) is 13.1 Å². The van der Waals surface area contributed by atoms with Gasteiger partial charge in [0.25, 0.3) is 0 Å². The van der Waals surface area contributed by atoms with Gasteiger partial charge in [0.15, 0.2) is 0 Å². The maximum absolute atomic E-state index is 10.3. The fourth-order valence-electron chi connectivity index (χ4n) is 1.35. The lowest BCUT2D eigenvalue weighted by Gasteiger charge is -2.08. The predicted octanol–water partition coefficient (Wildman–Crippen LogP) is 3.95. The minimum atomic E-state index is -0.783. The molecule has 0 radical (unpaired) electrons. The minimum absolute atomic E-state index is 0.168. The second kappa shape index (κ2) is 6.74. The van der Waals surface area contributed by atoms with E-state index in [1.54, 1.807) is 0 Å². The Kier molecular flexibility index (Phi) is 5.96. The Balaban J connectivity index is 2.38. The van der Waals surface area contributed by atoms with Crippen LogP contribution in [0.4, 0.5) is 0 Å². The molecule has 90 valence electrons. The SMILES string of the molecule is O=C(O)CCCCC(O)c1cc(Br)sc1Br. The molecule has 1 atom stereocenters. The number of aliphatic hydroxyl groups excluding tert-OH is 1. The summed E-state index contributed by atoms with van der Waals surface area (Å²) in [6.45, 7) is 0. The normalized spacial score (nSPS) is 12.7. The molecule has 16 heavy (non-hydrogen) atoms. The fraction of sp³-hybridized carbons (Fsp3) is 0.500. The third-order valence-electron chi connectivity index (χ3n) is 2.16. The van der Waals surface area contributed by atoms with Crippen molar-refractivity contribution in [3.8, 4) is 0 Å². The molecule has 0 aromatic carbocycles. The predicted molar refractivity (Wildman–Crippen MR) is 70.8 cm³/mol. The number of hydrogen-bond donors (Lipinski definition) is 2. The van der Waals surface area contributed by atoms with Gasteiger partial charge in [-0.1, -0.05) is 0 Å². The minimum Gasteiger partial charge on any atom is -0.481 e. The van der Waals surface area contributed by atoms with Crippen molar-refractivity contribution in [3.63, 3.8) is 0 Å². The molecule has 0 saturated heterocycles. The van der Waals surface area contributed by atoms with Crippen molar-refractivity contribution >= 4 is 49.2 Å². The van der Waals surface area contributed by atoms with Crippen LogP contribution in [-0.4, -0.2) is 16.2 Å². The fourth-order valence-corrected chi connectivity index (χ4v) is 4.31. The van der Waals surface area contributed by atoms with E-state index >= 15 is 0 Å². The molecule has 0 bridgehead atoms. The molecule has 0 aliphatic carbocycles. The number of unbranched alkanes of at least 4 members (excludes halogenated alkanes) is 1. The van der Waals surface area contributed by atoms with Gasteiger partial charge in [-0.3, -0.25) is 4.79 Å². The van der Waals surface area contributed by atoms with Crippen molar-refractivity contribution in [3.05, 3.63) is 19.2 Å². The summed E-state index contributed by atoms with van der Waals surface area (Å²) in [4.78, 5) is 10.3. The summed E-state index contributed by atoms with van der Waals surface area (Å²) in [5.74, 6) is -0.783. The van der Waals surface area contributed by atoms with Gasteiger partial charge in [0.2, 0.25) is 0 Å². The molecule has 1 aromatic heterocycles. The smallest absolute Gasteiger partial charge is 0.303 e. The number of carbonyl (C=O) groups is 1. The Morgan fingerprint density at radius 2 is 2.12 bits per heavy atom. The molecule has 2 N–H and O–H groups in total. The van der Waals surface area contributed by atoms with Gasteiger partial charge in [-0.05, 0) is 57.2 Å². The third-order valence-corrected chi connectivity index (χ3v) is 4.55. The first kappa shape index (κ1) is 14.2. The van der Waals surface area contributed by atoms with Gasteiger partial charge in [0.05, 0.1) is 13.7 Å². The number of aliphatic carboxylic acids is 1. The highest BCUT2D eigenvalue weighted by atomic mass is 79.9. The molecule has 0 amide bonds. The van der Waals surface area contributed by atoms with Crippen LogP contribution in [0.1, 0.15) is 37.4 Å². The monoisotopic (exact) mass is 370 g/mol. The van der Waals surface area contributed by atoms with Gasteiger partial charge >= 0.3 is 5.97 Å². The molecule has 0 fully saturated rings. The van der Waals surface area contributed by atoms with Gasteiger partial charge < -0.3 is 10.2 Å². The van der Waals surface area contributed by atoms with E-state index in [0.29, 0.717) is 19.3 Å². The van der Waals surface area contributed by atoms with Crippen LogP contribution in [0, 0.1) is 0 Å². The first-order valence-electron chi connectivity index (χ1n) is 4.85. The zero-order valence-electron chi connectivity index (χ0n) is 8.45. The van der Waals surface area contributed by atoms with Gasteiger partial charge in [-0.15, -0.1) is 11.3 Å². The summed E-state index contributed by atoms with van der Waals surface area (Å²) in [5.41, 5.74) is 0.868. The van der Waals surface area contributed by atoms with Crippen LogP contribution in [0.25, 0.3) is 0 Å². The molecule has 6 heteroatoms. The van der Waals surface area contributed by atoms with Crippen molar-refractivity contribution in [2.45, 2.75) is 31.8 Å². The summed E-state index contributed by atoms with van der Waals surface area (Å²) < 4.78 is 1.89. The van der Waals surface area contributed by atoms with Crippen LogP contribution < -0.4 is 0 Å². The quantitative estimate of drug-likeness (QED) is 0.744. The summed E-state index contributed by atoms with van der Waals surface area (Å²) >= 11 is 8.26. The summed E-state index contributed by atoms with van der Waals surface area (Å²) in [5, 5.41) is 18.4. The molecular weight excluding hydrogens is 360 g/mol. The second-order valence-electron chi connectivity index (χ2n) is 3.43. The first-order valence-corrected chi connectivity index (χ1v) is 7.25. The van der Waals surface area contributed by atoms with E-state index in [1.165, 1.54) is 11.3 Å². The summed E-state index contributed by atoms with van der Waals surface area (Å²) in [6.07, 6.45) is 1.56. The highest BCUT2D eigenvalue weighted by Gasteiger charge is 2.14. The van der Waals surface area contributed by atoms with Gasteiger partial charge in [0.1, 0.15) is 0 Å². The number of hydrogen-bond acceptors (Lipinski definition) is 3. The van der Waals surface area contributed by atoms with Crippen molar-refractivity contribution in [2.75, 3.05) is 0 Å². The van der Waals surface area contributed by atoms with Crippen molar-refractivity contribution in [2.24, 2.45) is 0 Å². The number of carboxylic acids is 1. The number of carboxylic acid groups (broad SMARTS) is 1. The zero-order valence-corrected chi connectivity index (χ0v) is 12.4. The van der Waals surface area contributed by atoms with Crippen LogP contribution in [0.5, 0.6) is 0 Å². The number of rotatable bonds is 6. The number of halogens is 2.